The summed E-state index contributed by atoms with van der Waals surface area (Å²) in [6.07, 6.45) is 0.893. The first-order valence-corrected chi connectivity index (χ1v) is 10.2. The van der Waals surface area contributed by atoms with Crippen molar-refractivity contribution in [3.05, 3.63) is 69.5 Å². The van der Waals surface area contributed by atoms with Crippen LogP contribution in [0.1, 0.15) is 44.2 Å². The van der Waals surface area contributed by atoms with Crippen LogP contribution in [0, 0.1) is 35.4 Å². The Labute approximate surface area is 177 Å². The van der Waals surface area contributed by atoms with Gasteiger partial charge in [0.1, 0.15) is 5.82 Å². The fourth-order valence-electron chi connectivity index (χ4n) is 3.57. The molecule has 0 spiro atoms. The van der Waals surface area contributed by atoms with E-state index in [2.05, 4.69) is 32.2 Å². The summed E-state index contributed by atoms with van der Waals surface area (Å²) in [4.78, 5) is 0. The quantitative estimate of drug-likeness (QED) is 0.582. The first-order valence-electron chi connectivity index (χ1n) is 9.41. The minimum atomic E-state index is -0.391. The largest absolute Gasteiger partial charge is 0.312 e. The van der Waals surface area contributed by atoms with Gasteiger partial charge in [0.25, 0.3) is 0 Å². The van der Waals surface area contributed by atoms with E-state index in [1.165, 1.54) is 11.6 Å². The molecule has 150 valence electrons. The van der Waals surface area contributed by atoms with Crippen LogP contribution in [0.3, 0.4) is 0 Å². The Hall–Kier alpha value is -1.60. The van der Waals surface area contributed by atoms with E-state index in [0.29, 0.717) is 12.1 Å². The minimum absolute atomic E-state index is 0.100. The Morgan fingerprint density at radius 3 is 2.39 bits per heavy atom. The van der Waals surface area contributed by atoms with Gasteiger partial charge in [0, 0.05) is 23.5 Å². The lowest BCUT2D eigenvalue weighted by molar-refractivity contribution is 0.304. The smallest absolute Gasteiger partial charge is 0.145 e. The van der Waals surface area contributed by atoms with Crippen molar-refractivity contribution in [1.29, 1.82) is 5.26 Å². The van der Waals surface area contributed by atoms with Gasteiger partial charge in [0.15, 0.2) is 0 Å². The molecule has 0 saturated carbocycles. The van der Waals surface area contributed by atoms with Crippen molar-refractivity contribution in [1.82, 2.24) is 5.32 Å². The lowest BCUT2D eigenvalue weighted by Crippen LogP contribution is -2.31. The molecule has 0 bridgehead atoms. The lowest BCUT2D eigenvalue weighted by Gasteiger charge is -2.26. The fourth-order valence-corrected chi connectivity index (χ4v) is 3.99. The molecular formula is C23H27Cl2FN2. The normalized spacial score (nSPS) is 21.6. The third-order valence-corrected chi connectivity index (χ3v) is 5.34. The van der Waals surface area contributed by atoms with Gasteiger partial charge in [-0.05, 0) is 48.1 Å². The average molecular weight is 421 g/mol. The van der Waals surface area contributed by atoms with Crippen LogP contribution < -0.4 is 5.32 Å². The van der Waals surface area contributed by atoms with E-state index in [0.717, 1.165) is 11.4 Å². The van der Waals surface area contributed by atoms with E-state index >= 15 is 0 Å². The number of benzene rings is 2. The third-order valence-electron chi connectivity index (χ3n) is 4.81. The number of aryl methyl sites for hydroxylation is 1. The van der Waals surface area contributed by atoms with Crippen LogP contribution in [-0.2, 0) is 0 Å². The summed E-state index contributed by atoms with van der Waals surface area (Å²) in [5.41, 5.74) is 1.89. The molecule has 0 amide bonds. The van der Waals surface area contributed by atoms with Crippen molar-refractivity contribution in [3.8, 4) is 6.07 Å². The van der Waals surface area contributed by atoms with Crippen LogP contribution in [0.25, 0.3) is 0 Å². The summed E-state index contributed by atoms with van der Waals surface area (Å²) in [6.45, 7) is 9.09. The number of rotatable bonds is 2. The van der Waals surface area contributed by atoms with Crippen LogP contribution in [-0.4, -0.2) is 12.6 Å². The van der Waals surface area contributed by atoms with Crippen LogP contribution in [0.15, 0.2) is 42.5 Å². The summed E-state index contributed by atoms with van der Waals surface area (Å²) in [6, 6.07) is 15.2. The van der Waals surface area contributed by atoms with E-state index in [1.807, 2.05) is 31.2 Å². The number of hydrogen-bond acceptors (Lipinski definition) is 2. The van der Waals surface area contributed by atoms with E-state index in [1.54, 1.807) is 12.1 Å². The van der Waals surface area contributed by atoms with Gasteiger partial charge in [-0.3, -0.25) is 0 Å². The topological polar surface area (TPSA) is 35.8 Å². The van der Waals surface area contributed by atoms with Gasteiger partial charge in [0.2, 0.25) is 0 Å². The maximum absolute atomic E-state index is 14.2. The number of halogens is 3. The average Bonchev–Trinajstić information content (AvgIpc) is 2.98. The predicted octanol–water partition coefficient (Wildman–Crippen LogP) is 6.76. The SMILES string of the molecule is CC(C)(C)CC1NCC(c2cccc(Cl)c2F)C1C#N.Cc1cccc(Cl)c1. The molecule has 3 unspecified atom stereocenters. The molecule has 0 aliphatic carbocycles. The molecule has 3 rings (SSSR count). The Morgan fingerprint density at radius 2 is 1.86 bits per heavy atom. The summed E-state index contributed by atoms with van der Waals surface area (Å²) >= 11 is 11.5. The Balaban J connectivity index is 0.000000292. The fraction of sp³-hybridized carbons (Fsp3) is 0.435. The van der Waals surface area contributed by atoms with Gasteiger partial charge < -0.3 is 5.32 Å². The monoisotopic (exact) mass is 420 g/mol. The van der Waals surface area contributed by atoms with Gasteiger partial charge in [-0.1, -0.05) is 68.2 Å². The zero-order chi connectivity index (χ0) is 20.9. The standard InChI is InChI=1S/C16H20ClFN2.C7H7Cl/c1-16(2,3)7-14-11(8-19)12(9-20-14)10-5-4-6-13(17)15(10)18;1-6-3-2-4-7(8)5-6/h4-6,11-12,14,20H,7,9H2,1-3H3;2-5H,1H3. The van der Waals surface area contributed by atoms with E-state index < -0.39 is 5.82 Å². The van der Waals surface area contributed by atoms with Crippen molar-refractivity contribution in [2.75, 3.05) is 6.54 Å². The Kier molecular flexibility index (Phi) is 7.89. The van der Waals surface area contributed by atoms with Gasteiger partial charge in [-0.15, -0.1) is 0 Å². The molecule has 1 aliphatic rings. The molecule has 1 heterocycles. The van der Waals surface area contributed by atoms with E-state index in [-0.39, 0.29) is 28.3 Å². The van der Waals surface area contributed by atoms with Gasteiger partial charge >= 0.3 is 0 Å². The number of nitriles is 1. The molecule has 1 fully saturated rings. The molecular weight excluding hydrogens is 394 g/mol. The number of nitrogens with one attached hydrogen (secondary N) is 1. The highest BCUT2D eigenvalue weighted by molar-refractivity contribution is 6.31. The second-order valence-corrected chi connectivity index (χ2v) is 9.33. The molecule has 5 heteroatoms. The minimum Gasteiger partial charge on any atom is -0.312 e. The zero-order valence-corrected chi connectivity index (χ0v) is 18.3. The Bertz CT molecular complexity index is 822. The molecule has 3 atom stereocenters. The summed E-state index contributed by atoms with van der Waals surface area (Å²) in [7, 11) is 0. The summed E-state index contributed by atoms with van der Waals surface area (Å²) in [5, 5.41) is 13.8. The van der Waals surface area contributed by atoms with Gasteiger partial charge in [0.05, 0.1) is 17.0 Å². The van der Waals surface area contributed by atoms with Crippen molar-refractivity contribution in [2.45, 2.75) is 46.1 Å². The second-order valence-electron chi connectivity index (χ2n) is 8.48. The molecule has 1 saturated heterocycles. The maximum Gasteiger partial charge on any atom is 0.145 e. The van der Waals surface area contributed by atoms with Gasteiger partial charge in [-0.25, -0.2) is 4.39 Å². The maximum atomic E-state index is 14.2. The second kappa shape index (κ2) is 9.74. The van der Waals surface area contributed by atoms with Crippen LogP contribution in [0.4, 0.5) is 4.39 Å². The van der Waals surface area contributed by atoms with Crippen LogP contribution in [0.2, 0.25) is 10.0 Å². The predicted molar refractivity (Wildman–Crippen MR) is 115 cm³/mol. The van der Waals surface area contributed by atoms with E-state index in [9.17, 15) is 9.65 Å². The van der Waals surface area contributed by atoms with Gasteiger partial charge in [-0.2, -0.15) is 5.26 Å². The first-order chi connectivity index (χ1) is 13.1. The van der Waals surface area contributed by atoms with Crippen LogP contribution >= 0.6 is 23.2 Å². The molecule has 0 radical (unpaired) electrons. The summed E-state index contributed by atoms with van der Waals surface area (Å²) in [5.74, 6) is -0.745. The molecule has 2 aromatic rings. The number of nitrogens with zero attached hydrogens (tertiary/aromatic N) is 1. The van der Waals surface area contributed by atoms with Crippen LogP contribution in [0.5, 0.6) is 0 Å². The molecule has 2 aromatic carbocycles. The Morgan fingerprint density at radius 1 is 1.18 bits per heavy atom. The molecule has 1 N–H and O–H groups in total. The summed E-state index contributed by atoms with van der Waals surface area (Å²) < 4.78 is 14.2. The van der Waals surface area contributed by atoms with E-state index in [4.69, 9.17) is 23.2 Å². The lowest BCUT2D eigenvalue weighted by atomic mass is 9.79. The van der Waals surface area contributed by atoms with Crippen molar-refractivity contribution >= 4 is 23.2 Å². The molecule has 1 aliphatic heterocycles. The number of hydrogen-bond donors (Lipinski definition) is 1. The zero-order valence-electron chi connectivity index (χ0n) is 16.8. The van der Waals surface area contributed by atoms with Crippen molar-refractivity contribution < 1.29 is 4.39 Å². The highest BCUT2D eigenvalue weighted by atomic mass is 35.5. The molecule has 0 aromatic heterocycles. The first kappa shape index (κ1) is 22.7. The highest BCUT2D eigenvalue weighted by Gasteiger charge is 2.39. The van der Waals surface area contributed by atoms with Crippen molar-refractivity contribution in [2.24, 2.45) is 11.3 Å². The van der Waals surface area contributed by atoms with Crippen molar-refractivity contribution in [3.63, 3.8) is 0 Å². The molecule has 28 heavy (non-hydrogen) atoms. The third kappa shape index (κ3) is 6.21. The highest BCUT2D eigenvalue weighted by Crippen LogP contribution is 2.38. The molecule has 2 nitrogen and oxygen atoms in total.